The largest absolute Gasteiger partial charge is 0.379 e. The van der Waals surface area contributed by atoms with Gasteiger partial charge in [0.2, 0.25) is 5.91 Å². The van der Waals surface area contributed by atoms with Gasteiger partial charge in [0, 0.05) is 45.7 Å². The zero-order valence-electron chi connectivity index (χ0n) is 17.3. The first kappa shape index (κ1) is 21.6. The van der Waals surface area contributed by atoms with E-state index in [4.69, 9.17) is 4.74 Å². The minimum atomic E-state index is -0.143. The predicted molar refractivity (Wildman–Crippen MR) is 113 cm³/mol. The van der Waals surface area contributed by atoms with Crippen LogP contribution in [0.15, 0.2) is 24.3 Å². The molecule has 2 N–H and O–H groups in total. The predicted octanol–water partition coefficient (Wildman–Crippen LogP) is 1.76. The highest BCUT2D eigenvalue weighted by atomic mass is 16.5. The molecule has 0 saturated carbocycles. The van der Waals surface area contributed by atoms with Crippen LogP contribution in [0.1, 0.15) is 36.8 Å². The number of nitrogens with zero attached hydrogens (tertiary/aromatic N) is 2. The first-order valence-corrected chi connectivity index (χ1v) is 10.9. The van der Waals surface area contributed by atoms with Crippen LogP contribution in [-0.2, 0) is 22.5 Å². The summed E-state index contributed by atoms with van der Waals surface area (Å²) in [6, 6.07) is 8.18. The molecule has 0 bridgehead atoms. The van der Waals surface area contributed by atoms with E-state index >= 15 is 0 Å². The Morgan fingerprint density at radius 3 is 2.45 bits per heavy atom. The van der Waals surface area contributed by atoms with Crippen LogP contribution in [-0.4, -0.2) is 74.2 Å². The third kappa shape index (κ3) is 7.33. The van der Waals surface area contributed by atoms with Gasteiger partial charge < -0.3 is 20.3 Å². The third-order valence-corrected chi connectivity index (χ3v) is 5.63. The number of nitrogens with one attached hydrogen (secondary N) is 2. The first-order valence-electron chi connectivity index (χ1n) is 10.9. The maximum absolute atomic E-state index is 12.4. The maximum atomic E-state index is 12.4. The number of carbonyl (C=O) groups excluding carboxylic acids is 2. The number of ether oxygens (including phenoxy) is 1. The Hall–Kier alpha value is -2.12. The minimum absolute atomic E-state index is 0.143. The van der Waals surface area contributed by atoms with Gasteiger partial charge in [-0.2, -0.15) is 0 Å². The molecule has 0 unspecified atom stereocenters. The Labute approximate surface area is 173 Å². The number of fused-ring (bicyclic) bond motifs is 1. The molecular weight excluding hydrogens is 368 g/mol. The standard InChI is InChI=1S/C22H34N4O3/c27-21(26-13-9-19-6-1-2-7-20(19)18-26)8-5-11-24-22(28)23-10-3-4-12-25-14-16-29-17-15-25/h1-2,6-7H,3-5,8-18H2,(H2,23,24,28). The molecule has 0 radical (unpaired) electrons. The molecule has 0 aromatic heterocycles. The van der Waals surface area contributed by atoms with Crippen molar-refractivity contribution in [2.75, 3.05) is 52.5 Å². The Bertz CT molecular complexity index is 661. The molecule has 3 amide bonds. The molecule has 2 aliphatic heterocycles. The lowest BCUT2D eigenvalue weighted by Gasteiger charge is -2.29. The maximum Gasteiger partial charge on any atom is 0.314 e. The molecule has 1 aromatic carbocycles. The van der Waals surface area contributed by atoms with Crippen molar-refractivity contribution in [1.82, 2.24) is 20.4 Å². The van der Waals surface area contributed by atoms with E-state index < -0.39 is 0 Å². The van der Waals surface area contributed by atoms with Gasteiger partial charge >= 0.3 is 6.03 Å². The molecule has 7 heteroatoms. The van der Waals surface area contributed by atoms with Gasteiger partial charge in [-0.25, -0.2) is 4.79 Å². The molecule has 29 heavy (non-hydrogen) atoms. The topological polar surface area (TPSA) is 73.9 Å². The van der Waals surface area contributed by atoms with Crippen LogP contribution in [0.3, 0.4) is 0 Å². The van der Waals surface area contributed by atoms with Gasteiger partial charge in [0.05, 0.1) is 13.2 Å². The van der Waals surface area contributed by atoms with Crippen LogP contribution < -0.4 is 10.6 Å². The van der Waals surface area contributed by atoms with Crippen molar-refractivity contribution < 1.29 is 14.3 Å². The quantitative estimate of drug-likeness (QED) is 0.618. The van der Waals surface area contributed by atoms with Crippen molar-refractivity contribution in [1.29, 1.82) is 0 Å². The Kier molecular flexibility index (Phi) is 8.77. The van der Waals surface area contributed by atoms with Gasteiger partial charge in [-0.05, 0) is 43.4 Å². The summed E-state index contributed by atoms with van der Waals surface area (Å²) in [5.74, 6) is 0.171. The van der Waals surface area contributed by atoms with Gasteiger partial charge in [-0.15, -0.1) is 0 Å². The minimum Gasteiger partial charge on any atom is -0.379 e. The summed E-state index contributed by atoms with van der Waals surface area (Å²) in [7, 11) is 0. The lowest BCUT2D eigenvalue weighted by Crippen LogP contribution is -2.39. The number of carbonyl (C=O) groups is 2. The average molecular weight is 403 g/mol. The number of amides is 3. The highest BCUT2D eigenvalue weighted by Gasteiger charge is 2.19. The van der Waals surface area contributed by atoms with Crippen LogP contribution in [0.25, 0.3) is 0 Å². The molecule has 1 fully saturated rings. The van der Waals surface area contributed by atoms with Gasteiger partial charge in [0.25, 0.3) is 0 Å². The molecule has 1 aromatic rings. The van der Waals surface area contributed by atoms with Gasteiger partial charge in [-0.3, -0.25) is 9.69 Å². The van der Waals surface area contributed by atoms with Crippen molar-refractivity contribution in [2.45, 2.75) is 38.6 Å². The number of benzene rings is 1. The summed E-state index contributed by atoms with van der Waals surface area (Å²) in [4.78, 5) is 28.6. The zero-order chi connectivity index (χ0) is 20.3. The first-order chi connectivity index (χ1) is 14.2. The van der Waals surface area contributed by atoms with E-state index in [9.17, 15) is 9.59 Å². The zero-order valence-corrected chi connectivity index (χ0v) is 17.3. The van der Waals surface area contributed by atoms with E-state index in [2.05, 4.69) is 33.7 Å². The Balaban J connectivity index is 1.19. The highest BCUT2D eigenvalue weighted by molar-refractivity contribution is 5.77. The van der Waals surface area contributed by atoms with E-state index in [1.165, 1.54) is 11.1 Å². The van der Waals surface area contributed by atoms with Crippen molar-refractivity contribution >= 4 is 11.9 Å². The number of morpholine rings is 1. The fourth-order valence-electron chi connectivity index (χ4n) is 3.86. The van der Waals surface area contributed by atoms with Gasteiger partial charge in [0.1, 0.15) is 0 Å². The van der Waals surface area contributed by atoms with Crippen LogP contribution in [0.5, 0.6) is 0 Å². The molecule has 2 aliphatic rings. The number of hydrogen-bond acceptors (Lipinski definition) is 4. The van der Waals surface area contributed by atoms with Crippen molar-refractivity contribution in [2.24, 2.45) is 0 Å². The number of hydrogen-bond donors (Lipinski definition) is 2. The normalized spacial score (nSPS) is 16.9. The summed E-state index contributed by atoms with van der Waals surface area (Å²) >= 11 is 0. The van der Waals surface area contributed by atoms with Gasteiger partial charge in [0.15, 0.2) is 0 Å². The molecule has 0 spiro atoms. The fraction of sp³-hybridized carbons (Fsp3) is 0.636. The summed E-state index contributed by atoms with van der Waals surface area (Å²) < 4.78 is 5.34. The van der Waals surface area contributed by atoms with Crippen molar-refractivity contribution in [3.8, 4) is 0 Å². The summed E-state index contributed by atoms with van der Waals surface area (Å²) in [5, 5.41) is 5.74. The van der Waals surface area contributed by atoms with E-state index in [1.54, 1.807) is 0 Å². The van der Waals surface area contributed by atoms with Crippen LogP contribution in [0.2, 0.25) is 0 Å². The second kappa shape index (κ2) is 11.8. The Morgan fingerprint density at radius 1 is 0.931 bits per heavy atom. The summed E-state index contributed by atoms with van der Waals surface area (Å²) in [6.45, 7) is 7.44. The highest BCUT2D eigenvalue weighted by Crippen LogP contribution is 2.19. The lowest BCUT2D eigenvalue weighted by molar-refractivity contribution is -0.132. The molecular formula is C22H34N4O3. The van der Waals surface area contributed by atoms with Crippen LogP contribution in [0, 0.1) is 0 Å². The van der Waals surface area contributed by atoms with Crippen LogP contribution >= 0.6 is 0 Å². The second-order valence-corrected chi connectivity index (χ2v) is 7.78. The number of urea groups is 1. The molecule has 3 rings (SSSR count). The van der Waals surface area contributed by atoms with Crippen molar-refractivity contribution in [3.05, 3.63) is 35.4 Å². The molecule has 2 heterocycles. The van der Waals surface area contributed by atoms with E-state index in [0.717, 1.165) is 58.7 Å². The summed E-state index contributed by atoms with van der Waals surface area (Å²) in [5.41, 5.74) is 2.60. The molecule has 0 atom stereocenters. The van der Waals surface area contributed by atoms with Gasteiger partial charge in [-0.1, -0.05) is 24.3 Å². The monoisotopic (exact) mass is 402 g/mol. The average Bonchev–Trinajstić information content (AvgIpc) is 2.76. The smallest absolute Gasteiger partial charge is 0.314 e. The van der Waals surface area contributed by atoms with E-state index in [1.807, 2.05) is 11.0 Å². The fourth-order valence-corrected chi connectivity index (χ4v) is 3.86. The van der Waals surface area contributed by atoms with E-state index in [0.29, 0.717) is 32.5 Å². The molecule has 0 aliphatic carbocycles. The van der Waals surface area contributed by atoms with Crippen LogP contribution in [0.4, 0.5) is 4.79 Å². The molecule has 1 saturated heterocycles. The number of unbranched alkanes of at least 4 members (excludes halogenated alkanes) is 1. The van der Waals surface area contributed by atoms with Crippen molar-refractivity contribution in [3.63, 3.8) is 0 Å². The molecule has 7 nitrogen and oxygen atoms in total. The number of rotatable bonds is 9. The SMILES string of the molecule is O=C(NCCCCN1CCOCC1)NCCCC(=O)N1CCc2ccccc2C1. The van der Waals surface area contributed by atoms with E-state index in [-0.39, 0.29) is 11.9 Å². The second-order valence-electron chi connectivity index (χ2n) is 7.78. The third-order valence-electron chi connectivity index (χ3n) is 5.63. The Morgan fingerprint density at radius 2 is 1.66 bits per heavy atom. The summed E-state index contributed by atoms with van der Waals surface area (Å²) in [6.07, 6.45) is 4.12. The molecule has 160 valence electrons. The lowest BCUT2D eigenvalue weighted by atomic mass is 9.99.